The number of carbonyl (C=O) groups is 1. The fourth-order valence-electron chi connectivity index (χ4n) is 2.08. The molecule has 0 heterocycles. The SMILES string of the molecule is Cc1c(C(=O)O)cc(Cl)cc1S(=O)(=O)NCC(O)C1CC1. The largest absolute Gasteiger partial charge is 0.478 e. The second-order valence-electron chi connectivity index (χ2n) is 5.14. The lowest BCUT2D eigenvalue weighted by Gasteiger charge is -2.14. The van der Waals surface area contributed by atoms with Crippen molar-refractivity contribution in [3.8, 4) is 0 Å². The minimum Gasteiger partial charge on any atom is -0.478 e. The molecule has 1 unspecified atom stereocenters. The van der Waals surface area contributed by atoms with Crippen LogP contribution in [0.1, 0.15) is 28.8 Å². The molecule has 1 aliphatic carbocycles. The van der Waals surface area contributed by atoms with E-state index in [0.717, 1.165) is 12.8 Å². The topological polar surface area (TPSA) is 104 Å². The number of carboxylic acid groups (broad SMARTS) is 1. The van der Waals surface area contributed by atoms with E-state index in [2.05, 4.69) is 4.72 Å². The maximum atomic E-state index is 12.3. The van der Waals surface area contributed by atoms with E-state index >= 15 is 0 Å². The zero-order valence-corrected chi connectivity index (χ0v) is 12.9. The van der Waals surface area contributed by atoms with Crippen LogP contribution in [0.2, 0.25) is 5.02 Å². The number of nitrogens with one attached hydrogen (secondary N) is 1. The lowest BCUT2D eigenvalue weighted by Crippen LogP contribution is -2.33. The van der Waals surface area contributed by atoms with E-state index in [4.69, 9.17) is 16.7 Å². The van der Waals surface area contributed by atoms with Crippen molar-refractivity contribution in [1.82, 2.24) is 4.72 Å². The Morgan fingerprint density at radius 2 is 2.10 bits per heavy atom. The number of benzene rings is 1. The van der Waals surface area contributed by atoms with Gasteiger partial charge in [0.2, 0.25) is 10.0 Å². The van der Waals surface area contributed by atoms with Crippen molar-refractivity contribution in [2.75, 3.05) is 6.54 Å². The smallest absolute Gasteiger partial charge is 0.336 e. The molecule has 2 rings (SSSR count). The average Bonchev–Trinajstić information content (AvgIpc) is 3.22. The van der Waals surface area contributed by atoms with Gasteiger partial charge in [-0.1, -0.05) is 11.6 Å². The van der Waals surface area contributed by atoms with Crippen molar-refractivity contribution in [1.29, 1.82) is 0 Å². The minimum absolute atomic E-state index is 0.0288. The predicted molar refractivity (Wildman–Crippen MR) is 77.1 cm³/mol. The van der Waals surface area contributed by atoms with Gasteiger partial charge >= 0.3 is 5.97 Å². The molecule has 1 aromatic rings. The summed E-state index contributed by atoms with van der Waals surface area (Å²) in [7, 11) is -3.93. The lowest BCUT2D eigenvalue weighted by atomic mass is 10.1. The molecule has 6 nitrogen and oxygen atoms in total. The maximum absolute atomic E-state index is 12.3. The molecule has 0 aliphatic heterocycles. The van der Waals surface area contributed by atoms with Crippen LogP contribution in [-0.2, 0) is 10.0 Å². The second kappa shape index (κ2) is 5.92. The standard InChI is InChI=1S/C13H16ClNO5S/c1-7-10(13(17)18)4-9(14)5-12(7)21(19,20)15-6-11(16)8-2-3-8/h4-5,8,11,15-16H,2-3,6H2,1H3,(H,17,18). The zero-order valence-electron chi connectivity index (χ0n) is 11.3. The first-order valence-corrected chi connectivity index (χ1v) is 8.29. The Bertz CT molecular complexity index is 669. The van der Waals surface area contributed by atoms with Crippen molar-refractivity contribution < 1.29 is 23.4 Å². The van der Waals surface area contributed by atoms with E-state index in [1.54, 1.807) is 0 Å². The Morgan fingerprint density at radius 3 is 2.62 bits per heavy atom. The molecule has 0 aromatic heterocycles. The summed E-state index contributed by atoms with van der Waals surface area (Å²) in [4.78, 5) is 10.9. The van der Waals surface area contributed by atoms with Crippen molar-refractivity contribution >= 4 is 27.6 Å². The Labute approximate surface area is 127 Å². The van der Waals surface area contributed by atoms with E-state index in [-0.39, 0.29) is 33.5 Å². The van der Waals surface area contributed by atoms with Crippen LogP contribution in [0.15, 0.2) is 17.0 Å². The Morgan fingerprint density at radius 1 is 1.48 bits per heavy atom. The van der Waals surface area contributed by atoms with Crippen molar-refractivity contribution in [3.63, 3.8) is 0 Å². The fraction of sp³-hybridized carbons (Fsp3) is 0.462. The first-order chi connectivity index (χ1) is 9.72. The number of aliphatic hydroxyl groups excluding tert-OH is 1. The van der Waals surface area contributed by atoms with Crippen LogP contribution in [0.25, 0.3) is 0 Å². The molecule has 3 N–H and O–H groups in total. The van der Waals surface area contributed by atoms with Crippen LogP contribution in [0.3, 0.4) is 0 Å². The summed E-state index contributed by atoms with van der Waals surface area (Å²) < 4.78 is 26.8. The van der Waals surface area contributed by atoms with Crippen LogP contribution in [0, 0.1) is 12.8 Å². The van der Waals surface area contributed by atoms with Gasteiger partial charge in [0.1, 0.15) is 0 Å². The molecular weight excluding hydrogens is 318 g/mol. The van der Waals surface area contributed by atoms with Gasteiger partial charge in [0.25, 0.3) is 0 Å². The third-order valence-corrected chi connectivity index (χ3v) is 5.26. The molecule has 0 amide bonds. The lowest BCUT2D eigenvalue weighted by molar-refractivity contribution is 0.0695. The second-order valence-corrected chi connectivity index (χ2v) is 7.31. The molecule has 8 heteroatoms. The summed E-state index contributed by atoms with van der Waals surface area (Å²) in [5.74, 6) is -1.10. The first kappa shape index (κ1) is 16.2. The van der Waals surface area contributed by atoms with Gasteiger partial charge in [0.15, 0.2) is 0 Å². The molecule has 21 heavy (non-hydrogen) atoms. The summed E-state index contributed by atoms with van der Waals surface area (Å²) in [6, 6.07) is 2.41. The molecule has 0 spiro atoms. The van der Waals surface area contributed by atoms with E-state index in [1.807, 2.05) is 0 Å². The highest BCUT2D eigenvalue weighted by molar-refractivity contribution is 7.89. The number of rotatable bonds is 6. The third-order valence-electron chi connectivity index (χ3n) is 3.49. The zero-order chi connectivity index (χ0) is 15.8. The number of hydrogen-bond donors (Lipinski definition) is 3. The number of aromatic carboxylic acids is 1. The highest BCUT2D eigenvalue weighted by Crippen LogP contribution is 2.32. The van der Waals surface area contributed by atoms with Gasteiger partial charge in [-0.15, -0.1) is 0 Å². The summed E-state index contributed by atoms with van der Waals surface area (Å²) in [5, 5.41) is 18.8. The quantitative estimate of drug-likeness (QED) is 0.730. The van der Waals surface area contributed by atoms with Crippen molar-refractivity contribution in [3.05, 3.63) is 28.3 Å². The molecular formula is C13H16ClNO5S. The van der Waals surface area contributed by atoms with Gasteiger partial charge in [-0.3, -0.25) is 0 Å². The maximum Gasteiger partial charge on any atom is 0.336 e. The van der Waals surface area contributed by atoms with Gasteiger partial charge in [0.05, 0.1) is 16.6 Å². The Kier molecular flexibility index (Phi) is 4.57. The molecule has 0 saturated heterocycles. The molecule has 1 saturated carbocycles. The van der Waals surface area contributed by atoms with E-state index in [9.17, 15) is 18.3 Å². The van der Waals surface area contributed by atoms with Gasteiger partial charge in [-0.25, -0.2) is 17.9 Å². The fourth-order valence-corrected chi connectivity index (χ4v) is 3.70. The third kappa shape index (κ3) is 3.74. The summed E-state index contributed by atoms with van der Waals surface area (Å²) >= 11 is 5.79. The number of hydrogen-bond acceptors (Lipinski definition) is 4. The normalized spacial score (nSPS) is 16.7. The van der Waals surface area contributed by atoms with E-state index in [0.29, 0.717) is 0 Å². The first-order valence-electron chi connectivity index (χ1n) is 6.43. The number of sulfonamides is 1. The summed E-state index contributed by atoms with van der Waals surface area (Å²) in [5.41, 5.74) is -0.0501. The average molecular weight is 334 g/mol. The molecule has 116 valence electrons. The molecule has 1 atom stereocenters. The van der Waals surface area contributed by atoms with Crippen LogP contribution >= 0.6 is 11.6 Å². The molecule has 1 aliphatic rings. The highest BCUT2D eigenvalue weighted by atomic mass is 35.5. The van der Waals surface area contributed by atoms with Crippen LogP contribution < -0.4 is 4.72 Å². The van der Waals surface area contributed by atoms with E-state index in [1.165, 1.54) is 19.1 Å². The Hall–Kier alpha value is -1.15. The van der Waals surface area contributed by atoms with Gasteiger partial charge in [-0.2, -0.15) is 0 Å². The number of halogens is 1. The summed E-state index contributed by atoms with van der Waals surface area (Å²) in [6.45, 7) is 1.31. The number of carboxylic acids is 1. The van der Waals surface area contributed by atoms with Gasteiger partial charge in [-0.05, 0) is 43.4 Å². The van der Waals surface area contributed by atoms with Crippen LogP contribution in [0.4, 0.5) is 0 Å². The molecule has 0 radical (unpaired) electrons. The highest BCUT2D eigenvalue weighted by Gasteiger charge is 2.31. The van der Waals surface area contributed by atoms with Crippen molar-refractivity contribution in [2.45, 2.75) is 30.8 Å². The van der Waals surface area contributed by atoms with Crippen LogP contribution in [-0.4, -0.2) is 37.2 Å². The van der Waals surface area contributed by atoms with Gasteiger partial charge < -0.3 is 10.2 Å². The predicted octanol–water partition coefficient (Wildman–Crippen LogP) is 1.40. The molecule has 1 aromatic carbocycles. The number of aliphatic hydroxyl groups is 1. The summed E-state index contributed by atoms with van der Waals surface area (Å²) in [6.07, 6.45) is 1.06. The van der Waals surface area contributed by atoms with Crippen molar-refractivity contribution in [2.24, 2.45) is 5.92 Å². The molecule has 1 fully saturated rings. The monoisotopic (exact) mass is 333 g/mol. The molecule has 0 bridgehead atoms. The van der Waals surface area contributed by atoms with E-state index < -0.39 is 22.1 Å². The Balaban J connectivity index is 2.28. The van der Waals surface area contributed by atoms with Crippen LogP contribution in [0.5, 0.6) is 0 Å². The minimum atomic E-state index is -3.93. The van der Waals surface area contributed by atoms with Gasteiger partial charge in [0, 0.05) is 11.6 Å².